The zero-order valence-corrected chi connectivity index (χ0v) is 17.9. The van der Waals surface area contributed by atoms with Gasteiger partial charge in [0.05, 0.1) is 10.2 Å². The van der Waals surface area contributed by atoms with Gasteiger partial charge in [0, 0.05) is 42.8 Å². The number of piperazine rings is 1. The van der Waals surface area contributed by atoms with Crippen LogP contribution < -0.4 is 4.90 Å². The number of rotatable bonds is 3. The van der Waals surface area contributed by atoms with Crippen molar-refractivity contribution in [3.05, 3.63) is 64.8 Å². The van der Waals surface area contributed by atoms with Crippen molar-refractivity contribution in [2.75, 3.05) is 31.1 Å². The molecule has 2 aromatic carbocycles. The molecule has 4 aromatic rings. The van der Waals surface area contributed by atoms with E-state index in [9.17, 15) is 4.79 Å². The fourth-order valence-electron chi connectivity index (χ4n) is 3.60. The molecule has 1 fully saturated rings. The lowest BCUT2D eigenvalue weighted by Gasteiger charge is -2.34. The van der Waals surface area contributed by atoms with Gasteiger partial charge in [-0.3, -0.25) is 4.79 Å². The monoisotopic (exact) mass is 438 g/mol. The first kappa shape index (κ1) is 19.1. The minimum Gasteiger partial charge on any atom is -0.355 e. The summed E-state index contributed by atoms with van der Waals surface area (Å²) >= 11 is 7.89. The quantitative estimate of drug-likeness (QED) is 0.456. The summed E-state index contributed by atoms with van der Waals surface area (Å²) in [5.74, 6) is 0.494. The Hall–Kier alpha value is -2.90. The van der Waals surface area contributed by atoms with Crippen LogP contribution in [0.5, 0.6) is 0 Å². The Morgan fingerprint density at radius 1 is 1.10 bits per heavy atom. The molecule has 152 valence electrons. The van der Waals surface area contributed by atoms with Gasteiger partial charge in [0.25, 0.3) is 5.91 Å². The topological polar surface area (TPSA) is 62.5 Å². The van der Waals surface area contributed by atoms with Crippen molar-refractivity contribution >= 4 is 44.2 Å². The maximum atomic E-state index is 12.9. The van der Waals surface area contributed by atoms with Crippen molar-refractivity contribution in [1.29, 1.82) is 0 Å². The SMILES string of the molecule is Cc1c(Cl)ccc2sc(N3CCN(C(=O)c4cc(-c5ccccc5)on4)CC3)nc12. The molecule has 5 rings (SSSR count). The minimum absolute atomic E-state index is 0.104. The van der Waals surface area contributed by atoms with Crippen LogP contribution in [-0.4, -0.2) is 47.1 Å². The second kappa shape index (κ2) is 7.74. The summed E-state index contributed by atoms with van der Waals surface area (Å²) in [4.78, 5) is 21.7. The van der Waals surface area contributed by atoms with E-state index in [2.05, 4.69) is 10.1 Å². The van der Waals surface area contributed by atoms with Crippen LogP contribution in [0, 0.1) is 6.92 Å². The van der Waals surface area contributed by atoms with Crippen molar-refractivity contribution in [3.8, 4) is 11.3 Å². The van der Waals surface area contributed by atoms with Crippen LogP contribution in [0.1, 0.15) is 16.1 Å². The number of carbonyl (C=O) groups is 1. The van der Waals surface area contributed by atoms with Crippen molar-refractivity contribution in [2.45, 2.75) is 6.92 Å². The second-order valence-corrected chi connectivity index (χ2v) is 8.65. The molecular formula is C22H19ClN4O2S. The lowest BCUT2D eigenvalue weighted by Crippen LogP contribution is -2.48. The van der Waals surface area contributed by atoms with Crippen LogP contribution in [0.15, 0.2) is 53.1 Å². The molecule has 1 amide bonds. The van der Waals surface area contributed by atoms with Crippen LogP contribution in [-0.2, 0) is 0 Å². The number of thiazole rings is 1. The maximum absolute atomic E-state index is 12.9. The second-order valence-electron chi connectivity index (χ2n) is 7.24. The van der Waals surface area contributed by atoms with Gasteiger partial charge in [-0.2, -0.15) is 0 Å². The standard InChI is InChI=1S/C22H19ClN4O2S/c1-14-16(23)7-8-19-20(14)24-22(30-19)27-11-9-26(10-12-27)21(28)17-13-18(29-25-17)15-5-3-2-4-6-15/h2-8,13H,9-12H2,1H3. The van der Waals surface area contributed by atoms with Crippen LogP contribution in [0.25, 0.3) is 21.5 Å². The number of hydrogen-bond acceptors (Lipinski definition) is 6. The van der Waals surface area contributed by atoms with Crippen LogP contribution in [0.2, 0.25) is 5.02 Å². The number of carbonyl (C=O) groups excluding carboxylic acids is 1. The molecule has 6 nitrogen and oxygen atoms in total. The van der Waals surface area contributed by atoms with Crippen molar-refractivity contribution < 1.29 is 9.32 Å². The Morgan fingerprint density at radius 2 is 1.87 bits per heavy atom. The molecule has 0 aliphatic carbocycles. The number of aryl methyl sites for hydroxylation is 1. The van der Waals surface area contributed by atoms with Crippen LogP contribution >= 0.6 is 22.9 Å². The molecule has 0 spiro atoms. The number of fused-ring (bicyclic) bond motifs is 1. The number of halogens is 1. The normalized spacial score (nSPS) is 14.5. The Labute approximate surface area is 182 Å². The number of nitrogens with zero attached hydrogens (tertiary/aromatic N) is 4. The summed E-state index contributed by atoms with van der Waals surface area (Å²) < 4.78 is 6.51. The molecule has 2 aromatic heterocycles. The molecule has 1 saturated heterocycles. The molecule has 1 aliphatic rings. The van der Waals surface area contributed by atoms with Gasteiger partial charge in [-0.25, -0.2) is 4.98 Å². The van der Waals surface area contributed by atoms with E-state index in [-0.39, 0.29) is 5.91 Å². The highest BCUT2D eigenvalue weighted by Crippen LogP contribution is 2.34. The zero-order valence-electron chi connectivity index (χ0n) is 16.3. The molecule has 1 aliphatic heterocycles. The third-order valence-corrected chi connectivity index (χ3v) is 6.85. The number of amides is 1. The average Bonchev–Trinajstić information content (AvgIpc) is 3.45. The Bertz CT molecular complexity index is 1210. The molecule has 0 N–H and O–H groups in total. The van der Waals surface area contributed by atoms with E-state index in [0.717, 1.165) is 44.6 Å². The van der Waals surface area contributed by atoms with E-state index in [1.165, 1.54) is 0 Å². The van der Waals surface area contributed by atoms with Gasteiger partial charge in [0.2, 0.25) is 0 Å². The fraction of sp³-hybridized carbons (Fsp3) is 0.227. The Balaban J connectivity index is 1.28. The first-order chi connectivity index (χ1) is 14.6. The molecule has 0 radical (unpaired) electrons. The number of hydrogen-bond donors (Lipinski definition) is 0. The molecule has 3 heterocycles. The van der Waals surface area contributed by atoms with Gasteiger partial charge in [-0.1, -0.05) is 58.4 Å². The first-order valence-electron chi connectivity index (χ1n) is 9.72. The van der Waals surface area contributed by atoms with Gasteiger partial charge in [0.15, 0.2) is 16.6 Å². The van der Waals surface area contributed by atoms with E-state index in [0.29, 0.717) is 24.5 Å². The highest BCUT2D eigenvalue weighted by molar-refractivity contribution is 7.22. The number of benzene rings is 2. The van der Waals surface area contributed by atoms with E-state index >= 15 is 0 Å². The molecule has 0 atom stereocenters. The lowest BCUT2D eigenvalue weighted by atomic mass is 10.1. The summed E-state index contributed by atoms with van der Waals surface area (Å²) in [5.41, 5.74) is 3.20. The van der Waals surface area contributed by atoms with Gasteiger partial charge in [-0.15, -0.1) is 0 Å². The molecule has 0 unspecified atom stereocenters. The van der Waals surface area contributed by atoms with Crippen LogP contribution in [0.3, 0.4) is 0 Å². The van der Waals surface area contributed by atoms with E-state index in [1.807, 2.05) is 54.3 Å². The molecule has 30 heavy (non-hydrogen) atoms. The van der Waals surface area contributed by atoms with Gasteiger partial charge in [0.1, 0.15) is 0 Å². The predicted molar refractivity (Wildman–Crippen MR) is 119 cm³/mol. The summed E-state index contributed by atoms with van der Waals surface area (Å²) in [6.07, 6.45) is 0. The minimum atomic E-state index is -0.104. The average molecular weight is 439 g/mol. The Morgan fingerprint density at radius 3 is 2.63 bits per heavy atom. The highest BCUT2D eigenvalue weighted by atomic mass is 35.5. The smallest absolute Gasteiger partial charge is 0.276 e. The fourth-order valence-corrected chi connectivity index (χ4v) is 4.83. The van der Waals surface area contributed by atoms with E-state index < -0.39 is 0 Å². The van der Waals surface area contributed by atoms with Gasteiger partial charge >= 0.3 is 0 Å². The summed E-state index contributed by atoms with van der Waals surface area (Å²) in [7, 11) is 0. The summed E-state index contributed by atoms with van der Waals surface area (Å²) in [6.45, 7) is 4.67. The predicted octanol–water partition coefficient (Wildman–Crippen LogP) is 4.88. The first-order valence-corrected chi connectivity index (χ1v) is 10.9. The molecule has 0 bridgehead atoms. The van der Waals surface area contributed by atoms with Crippen LogP contribution in [0.4, 0.5) is 5.13 Å². The summed E-state index contributed by atoms with van der Waals surface area (Å²) in [6, 6.07) is 15.3. The van der Waals surface area contributed by atoms with Gasteiger partial charge in [-0.05, 0) is 24.6 Å². The number of aromatic nitrogens is 2. The summed E-state index contributed by atoms with van der Waals surface area (Å²) in [5, 5.41) is 5.69. The van der Waals surface area contributed by atoms with Crippen molar-refractivity contribution in [1.82, 2.24) is 15.0 Å². The largest absolute Gasteiger partial charge is 0.355 e. The van der Waals surface area contributed by atoms with E-state index in [4.69, 9.17) is 21.1 Å². The Kier molecular flexibility index (Phi) is 4.92. The third kappa shape index (κ3) is 3.44. The van der Waals surface area contributed by atoms with E-state index in [1.54, 1.807) is 17.4 Å². The lowest BCUT2D eigenvalue weighted by molar-refractivity contribution is 0.0736. The maximum Gasteiger partial charge on any atom is 0.276 e. The molecule has 0 saturated carbocycles. The third-order valence-electron chi connectivity index (χ3n) is 5.36. The van der Waals surface area contributed by atoms with Crippen molar-refractivity contribution in [2.24, 2.45) is 0 Å². The highest BCUT2D eigenvalue weighted by Gasteiger charge is 2.26. The number of anilines is 1. The molecule has 8 heteroatoms. The zero-order chi connectivity index (χ0) is 20.7. The van der Waals surface area contributed by atoms with Gasteiger partial charge < -0.3 is 14.3 Å². The van der Waals surface area contributed by atoms with Crippen molar-refractivity contribution in [3.63, 3.8) is 0 Å². The molecular weight excluding hydrogens is 420 g/mol.